The molecule has 0 bridgehead atoms. The van der Waals surface area contributed by atoms with Crippen LogP contribution in [-0.2, 0) is 9.53 Å². The molecule has 0 aliphatic rings. The Balaban J connectivity index is 3.80. The maximum Gasteiger partial charge on any atom is 0.306 e. The largest absolute Gasteiger partial charge is 0.469 e. The number of carbonyl (C=O) groups is 1. The van der Waals surface area contributed by atoms with Crippen molar-refractivity contribution in [2.75, 3.05) is 7.11 Å². The zero-order chi connectivity index (χ0) is 10.3. The fourth-order valence-corrected chi connectivity index (χ4v) is 1.91. The van der Waals surface area contributed by atoms with E-state index < -0.39 is 0 Å². The average Bonchev–Trinajstić information content (AvgIpc) is 2.13. The average molecular weight is 201 g/mol. The van der Waals surface area contributed by atoms with E-state index in [1.165, 1.54) is 18.9 Å². The molecule has 74 valence electrons. The van der Waals surface area contributed by atoms with Crippen molar-refractivity contribution < 1.29 is 9.53 Å². The van der Waals surface area contributed by atoms with E-state index in [2.05, 4.69) is 10.8 Å². The van der Waals surface area contributed by atoms with E-state index in [4.69, 9.17) is 5.26 Å². The second-order valence-corrected chi connectivity index (χ2v) is 4.40. The number of carbonyl (C=O) groups excluding carboxylic acids is 1. The lowest BCUT2D eigenvalue weighted by atomic mass is 10.3. The summed E-state index contributed by atoms with van der Waals surface area (Å²) in [5, 5.41) is 8.82. The van der Waals surface area contributed by atoms with Crippen LogP contribution in [0.4, 0.5) is 0 Å². The van der Waals surface area contributed by atoms with Crippen LogP contribution in [0.15, 0.2) is 0 Å². The Kier molecular flexibility index (Phi) is 6.43. The topological polar surface area (TPSA) is 50.1 Å². The predicted molar refractivity (Wildman–Crippen MR) is 53.4 cm³/mol. The number of ether oxygens (including phenoxy) is 1. The highest BCUT2D eigenvalue weighted by Gasteiger charge is 2.14. The normalized spacial score (nSPS) is 14.3. The van der Waals surface area contributed by atoms with Crippen LogP contribution in [0.1, 0.15) is 26.7 Å². The molecule has 0 heterocycles. The van der Waals surface area contributed by atoms with Crippen molar-refractivity contribution in [2.45, 2.75) is 37.2 Å². The number of esters is 1. The van der Waals surface area contributed by atoms with Crippen LogP contribution in [0, 0.1) is 11.3 Å². The Bertz CT molecular complexity index is 200. The summed E-state index contributed by atoms with van der Waals surface area (Å²) >= 11 is 1.53. The lowest BCUT2D eigenvalue weighted by Crippen LogP contribution is -2.12. The highest BCUT2D eigenvalue weighted by molar-refractivity contribution is 8.00. The van der Waals surface area contributed by atoms with Gasteiger partial charge in [-0.2, -0.15) is 5.26 Å². The molecule has 0 aromatic heterocycles. The van der Waals surface area contributed by atoms with Gasteiger partial charge in [0, 0.05) is 5.25 Å². The van der Waals surface area contributed by atoms with Gasteiger partial charge >= 0.3 is 5.97 Å². The van der Waals surface area contributed by atoms with E-state index in [-0.39, 0.29) is 16.5 Å². The Morgan fingerprint density at radius 2 is 2.31 bits per heavy atom. The Hall–Kier alpha value is -0.690. The number of hydrogen-bond donors (Lipinski definition) is 0. The van der Waals surface area contributed by atoms with Crippen LogP contribution in [-0.4, -0.2) is 23.6 Å². The molecule has 0 spiro atoms. The number of thioether (sulfide) groups is 1. The molecule has 0 aromatic carbocycles. The predicted octanol–water partition coefficient (Wildman–Crippen LogP) is 1.97. The third-order valence-electron chi connectivity index (χ3n) is 1.59. The molecule has 0 amide bonds. The van der Waals surface area contributed by atoms with Gasteiger partial charge in [-0.25, -0.2) is 0 Å². The van der Waals surface area contributed by atoms with Gasteiger partial charge < -0.3 is 4.74 Å². The zero-order valence-corrected chi connectivity index (χ0v) is 9.06. The number of nitrogens with zero attached hydrogens (tertiary/aromatic N) is 1. The SMILES string of the molecule is CCC(C#N)SC(C)CC(=O)OC. The zero-order valence-electron chi connectivity index (χ0n) is 8.24. The number of rotatable bonds is 5. The van der Waals surface area contributed by atoms with Crippen LogP contribution in [0.3, 0.4) is 0 Å². The minimum absolute atomic E-state index is 0.0142. The Labute approximate surface area is 83.4 Å². The molecular formula is C9H15NO2S. The molecule has 0 saturated carbocycles. The van der Waals surface area contributed by atoms with E-state index in [0.717, 1.165) is 6.42 Å². The lowest BCUT2D eigenvalue weighted by Gasteiger charge is -2.12. The van der Waals surface area contributed by atoms with Crippen LogP contribution in [0.5, 0.6) is 0 Å². The van der Waals surface area contributed by atoms with Gasteiger partial charge in [0.1, 0.15) is 0 Å². The van der Waals surface area contributed by atoms with Crippen molar-refractivity contribution in [1.29, 1.82) is 5.26 Å². The summed E-state index contributed by atoms with van der Waals surface area (Å²) in [5.41, 5.74) is 0. The molecule has 0 aliphatic heterocycles. The molecule has 0 fully saturated rings. The molecule has 0 aromatic rings. The fraction of sp³-hybridized carbons (Fsp3) is 0.778. The smallest absolute Gasteiger partial charge is 0.306 e. The molecule has 0 saturated heterocycles. The minimum Gasteiger partial charge on any atom is -0.469 e. The summed E-state index contributed by atoms with van der Waals surface area (Å²) in [4.78, 5) is 10.9. The van der Waals surface area contributed by atoms with Gasteiger partial charge in [-0.1, -0.05) is 13.8 Å². The lowest BCUT2D eigenvalue weighted by molar-refractivity contribution is -0.140. The first-order valence-electron chi connectivity index (χ1n) is 4.25. The minimum atomic E-state index is -0.215. The summed E-state index contributed by atoms with van der Waals surface area (Å²) in [5.74, 6) is -0.215. The maximum atomic E-state index is 10.9. The Morgan fingerprint density at radius 3 is 2.69 bits per heavy atom. The number of hydrogen-bond acceptors (Lipinski definition) is 4. The van der Waals surface area contributed by atoms with Gasteiger partial charge in [0.15, 0.2) is 0 Å². The van der Waals surface area contributed by atoms with Crippen molar-refractivity contribution in [1.82, 2.24) is 0 Å². The molecule has 3 nitrogen and oxygen atoms in total. The summed E-state index contributed by atoms with van der Waals surface area (Å²) < 4.78 is 4.53. The van der Waals surface area contributed by atoms with Crippen LogP contribution in [0.2, 0.25) is 0 Å². The molecule has 2 atom stereocenters. The summed E-state index contributed by atoms with van der Waals surface area (Å²) in [7, 11) is 1.38. The molecule has 0 N–H and O–H groups in total. The van der Waals surface area contributed by atoms with Crippen molar-refractivity contribution in [3.05, 3.63) is 0 Å². The van der Waals surface area contributed by atoms with Gasteiger partial charge in [0.2, 0.25) is 0 Å². The highest BCUT2D eigenvalue weighted by atomic mass is 32.2. The molecule has 0 radical (unpaired) electrons. The Morgan fingerprint density at radius 1 is 1.69 bits per heavy atom. The second-order valence-electron chi connectivity index (χ2n) is 2.75. The highest BCUT2D eigenvalue weighted by Crippen LogP contribution is 2.22. The van der Waals surface area contributed by atoms with E-state index in [9.17, 15) is 4.79 Å². The van der Waals surface area contributed by atoms with Crippen molar-refractivity contribution in [3.63, 3.8) is 0 Å². The van der Waals surface area contributed by atoms with Crippen LogP contribution < -0.4 is 0 Å². The quantitative estimate of drug-likeness (QED) is 0.638. The summed E-state index contributed by atoms with van der Waals surface area (Å²) in [6.07, 6.45) is 1.19. The number of methoxy groups -OCH3 is 1. The number of nitriles is 1. The molecular weight excluding hydrogens is 186 g/mol. The van der Waals surface area contributed by atoms with Crippen molar-refractivity contribution in [3.8, 4) is 6.07 Å². The molecule has 2 unspecified atom stereocenters. The van der Waals surface area contributed by atoms with Crippen LogP contribution in [0.25, 0.3) is 0 Å². The van der Waals surface area contributed by atoms with E-state index in [1.807, 2.05) is 13.8 Å². The van der Waals surface area contributed by atoms with E-state index in [1.54, 1.807) is 0 Å². The van der Waals surface area contributed by atoms with Crippen LogP contribution >= 0.6 is 11.8 Å². The molecule has 4 heteroatoms. The maximum absolute atomic E-state index is 10.9. The van der Waals surface area contributed by atoms with Gasteiger partial charge in [-0.05, 0) is 6.42 Å². The van der Waals surface area contributed by atoms with Gasteiger partial charge in [0.05, 0.1) is 24.8 Å². The monoisotopic (exact) mass is 201 g/mol. The first-order chi connectivity index (χ1) is 6.13. The molecule has 0 rings (SSSR count). The standard InChI is InChI=1S/C9H15NO2S/c1-4-8(6-10)13-7(2)5-9(11)12-3/h7-8H,4-5H2,1-3H3. The summed E-state index contributed by atoms with van der Waals surface area (Å²) in [6, 6.07) is 2.18. The van der Waals surface area contributed by atoms with E-state index in [0.29, 0.717) is 6.42 Å². The van der Waals surface area contributed by atoms with Gasteiger partial charge in [-0.3, -0.25) is 4.79 Å². The fourth-order valence-electron chi connectivity index (χ4n) is 0.865. The second kappa shape index (κ2) is 6.79. The van der Waals surface area contributed by atoms with E-state index >= 15 is 0 Å². The van der Waals surface area contributed by atoms with Crippen molar-refractivity contribution in [2.24, 2.45) is 0 Å². The van der Waals surface area contributed by atoms with Crippen molar-refractivity contribution >= 4 is 17.7 Å². The first kappa shape index (κ1) is 12.3. The van der Waals surface area contributed by atoms with Gasteiger partial charge in [0.25, 0.3) is 0 Å². The third-order valence-corrected chi connectivity index (χ3v) is 2.99. The molecule has 0 aliphatic carbocycles. The third kappa shape index (κ3) is 5.53. The summed E-state index contributed by atoms with van der Waals surface area (Å²) in [6.45, 7) is 3.90. The molecule has 13 heavy (non-hydrogen) atoms. The van der Waals surface area contributed by atoms with Gasteiger partial charge in [-0.15, -0.1) is 11.8 Å². The first-order valence-corrected chi connectivity index (χ1v) is 5.20.